The lowest BCUT2D eigenvalue weighted by Gasteiger charge is -2.29. The lowest BCUT2D eigenvalue weighted by atomic mass is 10.1. The maximum atomic E-state index is 13.3. The molecule has 1 fully saturated rings. The van der Waals surface area contributed by atoms with Crippen molar-refractivity contribution >= 4 is 5.91 Å². The van der Waals surface area contributed by atoms with Gasteiger partial charge < -0.3 is 9.64 Å². The number of pyridine rings is 1. The van der Waals surface area contributed by atoms with Crippen LogP contribution in [0.15, 0.2) is 72.9 Å². The summed E-state index contributed by atoms with van der Waals surface area (Å²) in [5, 5.41) is 0. The number of rotatable bonds is 8. The zero-order valence-electron chi connectivity index (χ0n) is 18.8. The second kappa shape index (κ2) is 10.7. The molecule has 1 aliphatic rings. The van der Waals surface area contributed by atoms with E-state index in [1.807, 2.05) is 42.5 Å². The third-order valence-electron chi connectivity index (χ3n) is 6.11. The maximum Gasteiger partial charge on any atom is 0.416 e. The number of aromatic nitrogens is 1. The number of hydrogen-bond acceptors (Lipinski definition) is 3. The summed E-state index contributed by atoms with van der Waals surface area (Å²) in [5.74, 6) is 0.498. The Morgan fingerprint density at radius 2 is 1.68 bits per heavy atom. The minimum atomic E-state index is -4.42. The second-order valence-corrected chi connectivity index (χ2v) is 8.51. The molecule has 1 aliphatic carbocycles. The molecule has 1 aromatic heterocycles. The first-order chi connectivity index (χ1) is 16.4. The summed E-state index contributed by atoms with van der Waals surface area (Å²) >= 11 is 0. The third kappa shape index (κ3) is 6.16. The molecule has 2 aromatic carbocycles. The summed E-state index contributed by atoms with van der Waals surface area (Å²) in [5.41, 5.74) is 1.43. The normalized spacial score (nSPS) is 14.2. The van der Waals surface area contributed by atoms with Crippen LogP contribution in [-0.4, -0.2) is 28.4 Å². The highest BCUT2D eigenvalue weighted by Crippen LogP contribution is 2.30. The van der Waals surface area contributed by atoms with Crippen LogP contribution in [0.5, 0.6) is 5.75 Å². The van der Waals surface area contributed by atoms with E-state index in [4.69, 9.17) is 4.74 Å². The Kier molecular flexibility index (Phi) is 7.50. The van der Waals surface area contributed by atoms with Crippen LogP contribution >= 0.6 is 0 Å². The lowest BCUT2D eigenvalue weighted by Crippen LogP contribution is -2.38. The average Bonchev–Trinajstić information content (AvgIpc) is 3.38. The standard InChI is InChI=1S/C27H27F3N2O2/c28-27(29,30)22-12-10-21(11-13-22)26(33)32(24-6-1-2-7-24)19-20-8-14-25(15-9-20)34-18-16-23-5-3-4-17-31-23/h3-5,8-15,17,24H,1-2,6-7,16,18-19H2. The summed E-state index contributed by atoms with van der Waals surface area (Å²) in [4.78, 5) is 19.3. The van der Waals surface area contributed by atoms with E-state index >= 15 is 0 Å². The Bertz CT molecular complexity index is 1060. The van der Waals surface area contributed by atoms with Gasteiger partial charge in [0.1, 0.15) is 5.75 Å². The van der Waals surface area contributed by atoms with E-state index < -0.39 is 11.7 Å². The van der Waals surface area contributed by atoms with Gasteiger partial charge in [0.2, 0.25) is 0 Å². The van der Waals surface area contributed by atoms with E-state index in [2.05, 4.69) is 4.98 Å². The van der Waals surface area contributed by atoms with Crippen LogP contribution in [-0.2, 0) is 19.1 Å². The van der Waals surface area contributed by atoms with Crippen LogP contribution in [0.25, 0.3) is 0 Å². The fourth-order valence-electron chi connectivity index (χ4n) is 4.26. The topological polar surface area (TPSA) is 42.4 Å². The first kappa shape index (κ1) is 23.8. The van der Waals surface area contributed by atoms with Crippen molar-refractivity contribution in [3.05, 3.63) is 95.3 Å². The molecule has 0 unspecified atom stereocenters. The Labute approximate surface area is 197 Å². The van der Waals surface area contributed by atoms with E-state index in [9.17, 15) is 18.0 Å². The van der Waals surface area contributed by atoms with Gasteiger partial charge in [-0.3, -0.25) is 9.78 Å². The molecule has 0 spiro atoms. The molecule has 4 rings (SSSR count). The van der Waals surface area contributed by atoms with E-state index in [1.165, 1.54) is 12.1 Å². The minimum Gasteiger partial charge on any atom is -0.493 e. The minimum absolute atomic E-state index is 0.0871. The lowest BCUT2D eigenvalue weighted by molar-refractivity contribution is -0.137. The highest BCUT2D eigenvalue weighted by atomic mass is 19.4. The van der Waals surface area contributed by atoms with Gasteiger partial charge >= 0.3 is 6.18 Å². The largest absolute Gasteiger partial charge is 0.493 e. The highest BCUT2D eigenvalue weighted by Gasteiger charge is 2.31. The van der Waals surface area contributed by atoms with Crippen molar-refractivity contribution in [2.45, 2.75) is 50.9 Å². The van der Waals surface area contributed by atoms with Gasteiger partial charge in [-0.05, 0) is 66.9 Å². The number of benzene rings is 2. The van der Waals surface area contributed by atoms with Crippen molar-refractivity contribution in [1.82, 2.24) is 9.88 Å². The molecule has 0 saturated heterocycles. The van der Waals surface area contributed by atoms with Crippen molar-refractivity contribution in [3.8, 4) is 5.75 Å². The smallest absolute Gasteiger partial charge is 0.416 e. The Morgan fingerprint density at radius 3 is 2.29 bits per heavy atom. The average molecular weight is 469 g/mol. The van der Waals surface area contributed by atoms with E-state index in [0.717, 1.165) is 54.8 Å². The summed E-state index contributed by atoms with van der Waals surface area (Å²) in [6.07, 6.45) is 1.94. The number of nitrogens with zero attached hydrogens (tertiary/aromatic N) is 2. The number of alkyl halides is 3. The van der Waals surface area contributed by atoms with Gasteiger partial charge in [0.25, 0.3) is 5.91 Å². The zero-order chi connectivity index (χ0) is 24.0. The predicted molar refractivity (Wildman–Crippen MR) is 123 cm³/mol. The van der Waals surface area contributed by atoms with E-state index in [0.29, 0.717) is 19.6 Å². The molecule has 1 heterocycles. The quantitative estimate of drug-likeness (QED) is 0.389. The fourth-order valence-corrected chi connectivity index (χ4v) is 4.26. The van der Waals surface area contributed by atoms with Crippen LogP contribution in [0.3, 0.4) is 0 Å². The van der Waals surface area contributed by atoms with Gasteiger partial charge in [-0.15, -0.1) is 0 Å². The molecular formula is C27H27F3N2O2. The Morgan fingerprint density at radius 1 is 0.971 bits per heavy atom. The Balaban J connectivity index is 1.41. The molecular weight excluding hydrogens is 441 g/mol. The van der Waals surface area contributed by atoms with Crippen molar-refractivity contribution in [2.75, 3.05) is 6.61 Å². The van der Waals surface area contributed by atoms with Crippen LogP contribution in [0.2, 0.25) is 0 Å². The maximum absolute atomic E-state index is 13.3. The van der Waals surface area contributed by atoms with Crippen LogP contribution in [0, 0.1) is 0 Å². The number of hydrogen-bond donors (Lipinski definition) is 0. The fraction of sp³-hybridized carbons (Fsp3) is 0.333. The van der Waals surface area contributed by atoms with Crippen molar-refractivity contribution < 1.29 is 22.7 Å². The molecule has 0 aliphatic heterocycles. The SMILES string of the molecule is O=C(c1ccc(C(F)(F)F)cc1)N(Cc1ccc(OCCc2ccccn2)cc1)C1CCCC1. The van der Waals surface area contributed by atoms with Crippen molar-refractivity contribution in [2.24, 2.45) is 0 Å². The van der Waals surface area contributed by atoms with Gasteiger partial charge in [-0.2, -0.15) is 13.2 Å². The van der Waals surface area contributed by atoms with E-state index in [-0.39, 0.29) is 17.5 Å². The number of carbonyl (C=O) groups excluding carboxylic acids is 1. The molecule has 34 heavy (non-hydrogen) atoms. The second-order valence-electron chi connectivity index (χ2n) is 8.51. The van der Waals surface area contributed by atoms with Gasteiger partial charge in [0.15, 0.2) is 0 Å². The summed E-state index contributed by atoms with van der Waals surface area (Å²) in [6.45, 7) is 0.912. The number of amides is 1. The molecule has 0 atom stereocenters. The molecule has 0 N–H and O–H groups in total. The van der Waals surface area contributed by atoms with Gasteiger partial charge in [-0.1, -0.05) is 31.0 Å². The molecule has 7 heteroatoms. The summed E-state index contributed by atoms with van der Waals surface area (Å²) in [7, 11) is 0. The highest BCUT2D eigenvalue weighted by molar-refractivity contribution is 5.94. The summed E-state index contributed by atoms with van der Waals surface area (Å²) in [6, 6.07) is 18.0. The zero-order valence-corrected chi connectivity index (χ0v) is 18.8. The molecule has 1 saturated carbocycles. The van der Waals surface area contributed by atoms with E-state index in [1.54, 1.807) is 11.1 Å². The van der Waals surface area contributed by atoms with Gasteiger partial charge in [0, 0.05) is 36.5 Å². The third-order valence-corrected chi connectivity index (χ3v) is 6.11. The van der Waals surface area contributed by atoms with Crippen molar-refractivity contribution in [3.63, 3.8) is 0 Å². The number of halogens is 3. The predicted octanol–water partition coefficient (Wildman–Crippen LogP) is 6.31. The van der Waals surface area contributed by atoms with Gasteiger partial charge in [0.05, 0.1) is 12.2 Å². The first-order valence-corrected chi connectivity index (χ1v) is 11.5. The molecule has 0 bridgehead atoms. The number of ether oxygens (including phenoxy) is 1. The van der Waals surface area contributed by atoms with Crippen LogP contribution in [0.1, 0.15) is 52.9 Å². The molecule has 3 aromatic rings. The monoisotopic (exact) mass is 468 g/mol. The van der Waals surface area contributed by atoms with Crippen LogP contribution < -0.4 is 4.74 Å². The van der Waals surface area contributed by atoms with Crippen LogP contribution in [0.4, 0.5) is 13.2 Å². The molecule has 0 radical (unpaired) electrons. The first-order valence-electron chi connectivity index (χ1n) is 11.5. The van der Waals surface area contributed by atoms with Gasteiger partial charge in [-0.25, -0.2) is 0 Å². The number of carbonyl (C=O) groups is 1. The summed E-state index contributed by atoms with van der Waals surface area (Å²) < 4.78 is 44.5. The van der Waals surface area contributed by atoms with Crippen molar-refractivity contribution in [1.29, 1.82) is 0 Å². The molecule has 178 valence electrons. The Hall–Kier alpha value is -3.35. The molecule has 4 nitrogen and oxygen atoms in total. The molecule has 1 amide bonds.